The van der Waals surface area contributed by atoms with E-state index in [0.29, 0.717) is 28.1 Å². The number of hydrogen-bond donors (Lipinski definition) is 1. The molecule has 0 aliphatic carbocycles. The van der Waals surface area contributed by atoms with Crippen molar-refractivity contribution in [3.8, 4) is 11.5 Å². The van der Waals surface area contributed by atoms with Gasteiger partial charge in [-0.25, -0.2) is 0 Å². The second-order valence-electron chi connectivity index (χ2n) is 7.15. The van der Waals surface area contributed by atoms with Gasteiger partial charge in [0.25, 0.3) is 5.91 Å². The van der Waals surface area contributed by atoms with Gasteiger partial charge in [-0.2, -0.15) is 0 Å². The highest BCUT2D eigenvalue weighted by molar-refractivity contribution is 9.10. The SMILES string of the molecule is COc1cc(C(=O)NCC(c2cccs2)N2CCC(C)CC2)cc(OC)c1Br. The van der Waals surface area contributed by atoms with Gasteiger partial charge in [0.2, 0.25) is 0 Å². The molecule has 1 aromatic heterocycles. The average Bonchev–Trinajstić information content (AvgIpc) is 3.24. The van der Waals surface area contributed by atoms with Crippen molar-refractivity contribution in [3.05, 3.63) is 44.6 Å². The van der Waals surface area contributed by atoms with Crippen LogP contribution in [-0.4, -0.2) is 44.7 Å². The first kappa shape index (κ1) is 21.1. The Morgan fingerprint density at radius 2 is 1.93 bits per heavy atom. The van der Waals surface area contributed by atoms with Crippen LogP contribution >= 0.6 is 27.3 Å². The maximum absolute atomic E-state index is 12.8. The molecule has 3 rings (SSSR count). The minimum Gasteiger partial charge on any atom is -0.495 e. The number of methoxy groups -OCH3 is 2. The van der Waals surface area contributed by atoms with E-state index in [0.717, 1.165) is 19.0 Å². The Bertz CT molecular complexity index is 764. The number of benzene rings is 1. The summed E-state index contributed by atoms with van der Waals surface area (Å²) in [4.78, 5) is 16.6. The van der Waals surface area contributed by atoms with Crippen LogP contribution in [0.5, 0.6) is 11.5 Å². The summed E-state index contributed by atoms with van der Waals surface area (Å²) in [7, 11) is 3.15. The molecule has 0 bridgehead atoms. The zero-order valence-electron chi connectivity index (χ0n) is 16.5. The lowest BCUT2D eigenvalue weighted by Gasteiger charge is -2.36. The van der Waals surface area contributed by atoms with Crippen molar-refractivity contribution in [1.82, 2.24) is 10.2 Å². The molecule has 5 nitrogen and oxygen atoms in total. The second-order valence-corrected chi connectivity index (χ2v) is 8.93. The molecule has 1 aliphatic heterocycles. The van der Waals surface area contributed by atoms with Crippen LogP contribution < -0.4 is 14.8 Å². The number of thiophene rings is 1. The summed E-state index contributed by atoms with van der Waals surface area (Å²) in [6.07, 6.45) is 2.41. The Kier molecular flexibility index (Phi) is 7.37. The van der Waals surface area contributed by atoms with Crippen LogP contribution in [-0.2, 0) is 0 Å². The van der Waals surface area contributed by atoms with E-state index in [9.17, 15) is 4.79 Å². The third kappa shape index (κ3) is 4.88. The van der Waals surface area contributed by atoms with Crippen LogP contribution in [0, 0.1) is 5.92 Å². The molecule has 7 heteroatoms. The largest absolute Gasteiger partial charge is 0.495 e. The Hall–Kier alpha value is -1.57. The maximum Gasteiger partial charge on any atom is 0.251 e. The fourth-order valence-electron chi connectivity index (χ4n) is 3.52. The quantitative estimate of drug-likeness (QED) is 0.640. The Balaban J connectivity index is 1.73. The van der Waals surface area contributed by atoms with Gasteiger partial charge < -0.3 is 14.8 Å². The van der Waals surface area contributed by atoms with Gasteiger partial charge in [0.1, 0.15) is 16.0 Å². The fraction of sp³-hybridized carbons (Fsp3) is 0.476. The molecule has 1 saturated heterocycles. The predicted octanol–water partition coefficient (Wildman–Crippen LogP) is 4.73. The molecule has 2 heterocycles. The van der Waals surface area contributed by atoms with Crippen LogP contribution in [0.2, 0.25) is 0 Å². The summed E-state index contributed by atoms with van der Waals surface area (Å²) in [6, 6.07) is 7.89. The van der Waals surface area contributed by atoms with Crippen molar-refractivity contribution in [3.63, 3.8) is 0 Å². The van der Waals surface area contributed by atoms with Crippen molar-refractivity contribution < 1.29 is 14.3 Å². The molecule has 1 amide bonds. The first-order valence-corrected chi connectivity index (χ1v) is 11.2. The molecular weight excluding hydrogens is 440 g/mol. The van der Waals surface area contributed by atoms with E-state index in [4.69, 9.17) is 9.47 Å². The highest BCUT2D eigenvalue weighted by Gasteiger charge is 2.26. The summed E-state index contributed by atoms with van der Waals surface area (Å²) >= 11 is 5.19. The van der Waals surface area contributed by atoms with Crippen LogP contribution in [0.25, 0.3) is 0 Å². The zero-order valence-corrected chi connectivity index (χ0v) is 18.9. The van der Waals surface area contributed by atoms with Crippen LogP contribution in [0.1, 0.15) is 41.0 Å². The van der Waals surface area contributed by atoms with E-state index < -0.39 is 0 Å². The third-order valence-electron chi connectivity index (χ3n) is 5.29. The van der Waals surface area contributed by atoms with Gasteiger partial charge >= 0.3 is 0 Å². The number of rotatable bonds is 7. The highest BCUT2D eigenvalue weighted by Crippen LogP contribution is 2.35. The number of likely N-dealkylation sites (tertiary alicyclic amines) is 1. The van der Waals surface area contributed by atoms with Gasteiger partial charge in [0.15, 0.2) is 0 Å². The molecule has 1 unspecified atom stereocenters. The normalized spacial score (nSPS) is 16.6. The number of ether oxygens (including phenoxy) is 2. The van der Waals surface area contributed by atoms with Crippen molar-refractivity contribution in [2.75, 3.05) is 33.9 Å². The van der Waals surface area contributed by atoms with Crippen LogP contribution in [0.3, 0.4) is 0 Å². The van der Waals surface area contributed by atoms with E-state index in [2.05, 4.69) is 50.6 Å². The minimum absolute atomic E-state index is 0.129. The number of carbonyl (C=O) groups is 1. The lowest BCUT2D eigenvalue weighted by atomic mass is 9.97. The van der Waals surface area contributed by atoms with Crippen molar-refractivity contribution in [2.45, 2.75) is 25.8 Å². The fourth-order valence-corrected chi connectivity index (χ4v) is 4.94. The lowest BCUT2D eigenvalue weighted by Crippen LogP contribution is -2.41. The number of piperidine rings is 1. The monoisotopic (exact) mass is 466 g/mol. The summed E-state index contributed by atoms with van der Waals surface area (Å²) < 4.78 is 11.4. The number of nitrogens with one attached hydrogen (secondary N) is 1. The summed E-state index contributed by atoms with van der Waals surface area (Å²) in [6.45, 7) is 5.03. The molecular formula is C21H27BrN2O3S. The van der Waals surface area contributed by atoms with Gasteiger partial charge in [0, 0.05) is 17.0 Å². The molecule has 0 spiro atoms. The summed E-state index contributed by atoms with van der Waals surface area (Å²) in [5.41, 5.74) is 0.522. The maximum atomic E-state index is 12.8. The standard InChI is InChI=1S/C21H27BrN2O3S/c1-14-6-8-24(9-7-14)16(19-5-4-10-28-19)13-23-21(25)15-11-17(26-2)20(22)18(12-15)27-3/h4-5,10-12,14,16H,6-9,13H2,1-3H3,(H,23,25). The van der Waals surface area contributed by atoms with Crippen LogP contribution in [0.4, 0.5) is 0 Å². The number of amides is 1. The Labute approximate surface area is 179 Å². The van der Waals surface area contributed by atoms with E-state index in [1.165, 1.54) is 17.7 Å². The first-order chi connectivity index (χ1) is 13.5. The summed E-state index contributed by atoms with van der Waals surface area (Å²) in [5, 5.41) is 5.22. The number of halogens is 1. The van der Waals surface area contributed by atoms with Crippen LogP contribution in [0.15, 0.2) is 34.1 Å². The topological polar surface area (TPSA) is 50.8 Å². The molecule has 2 aromatic rings. The molecule has 1 aliphatic rings. The lowest BCUT2D eigenvalue weighted by molar-refractivity contribution is 0.0914. The number of carbonyl (C=O) groups excluding carboxylic acids is 1. The molecule has 152 valence electrons. The van der Waals surface area contributed by atoms with Crippen molar-refractivity contribution in [1.29, 1.82) is 0 Å². The van der Waals surface area contributed by atoms with Gasteiger partial charge in [-0.3, -0.25) is 9.69 Å². The van der Waals surface area contributed by atoms with E-state index in [1.54, 1.807) is 37.7 Å². The highest BCUT2D eigenvalue weighted by atomic mass is 79.9. The van der Waals surface area contributed by atoms with Gasteiger partial charge in [-0.1, -0.05) is 13.0 Å². The Morgan fingerprint density at radius 1 is 1.29 bits per heavy atom. The molecule has 1 atom stereocenters. The van der Waals surface area contributed by atoms with Gasteiger partial charge in [0.05, 0.1) is 20.3 Å². The van der Waals surface area contributed by atoms with E-state index in [-0.39, 0.29) is 11.9 Å². The molecule has 1 fully saturated rings. The molecule has 0 saturated carbocycles. The molecule has 28 heavy (non-hydrogen) atoms. The smallest absolute Gasteiger partial charge is 0.251 e. The number of hydrogen-bond acceptors (Lipinski definition) is 5. The molecule has 1 aromatic carbocycles. The second kappa shape index (κ2) is 9.76. The zero-order chi connectivity index (χ0) is 20.1. The van der Waals surface area contributed by atoms with Gasteiger partial charge in [-0.15, -0.1) is 11.3 Å². The first-order valence-electron chi connectivity index (χ1n) is 9.50. The predicted molar refractivity (Wildman–Crippen MR) is 117 cm³/mol. The average molecular weight is 467 g/mol. The minimum atomic E-state index is -0.129. The molecule has 1 N–H and O–H groups in total. The third-order valence-corrected chi connectivity index (χ3v) is 7.05. The Morgan fingerprint density at radius 3 is 2.46 bits per heavy atom. The van der Waals surface area contributed by atoms with E-state index >= 15 is 0 Å². The molecule has 0 radical (unpaired) electrons. The summed E-state index contributed by atoms with van der Waals surface area (Å²) in [5.74, 6) is 1.79. The number of nitrogens with zero attached hydrogens (tertiary/aromatic N) is 1. The van der Waals surface area contributed by atoms with E-state index in [1.807, 2.05) is 0 Å². The van der Waals surface area contributed by atoms with Gasteiger partial charge in [-0.05, 0) is 71.4 Å². The van der Waals surface area contributed by atoms with Crippen molar-refractivity contribution >= 4 is 33.2 Å². The van der Waals surface area contributed by atoms with Crippen molar-refractivity contribution in [2.24, 2.45) is 5.92 Å².